The largest absolute Gasteiger partial charge is 0.482 e. The van der Waals surface area contributed by atoms with Crippen molar-refractivity contribution >= 4 is 11.8 Å². The smallest absolute Gasteiger partial charge is 0.172 e. The highest BCUT2D eigenvalue weighted by Gasteiger charge is 2.17. The van der Waals surface area contributed by atoms with Gasteiger partial charge < -0.3 is 4.74 Å². The quantitative estimate of drug-likeness (QED) is 0.506. The second-order valence-corrected chi connectivity index (χ2v) is 2.87. The van der Waals surface area contributed by atoms with Gasteiger partial charge in [-0.25, -0.2) is 0 Å². The predicted octanol–water partition coefficient (Wildman–Crippen LogP) is 2.04. The van der Waals surface area contributed by atoms with E-state index in [9.17, 15) is 0 Å². The van der Waals surface area contributed by atoms with Crippen LogP contribution in [-0.2, 0) is 4.74 Å². The van der Waals surface area contributed by atoms with Gasteiger partial charge in [0.1, 0.15) is 0 Å². The molecule has 0 aromatic rings. The summed E-state index contributed by atoms with van der Waals surface area (Å²) in [7, 11) is 0. The minimum absolute atomic E-state index is 0.245. The first-order valence-corrected chi connectivity index (χ1v) is 3.75. The van der Waals surface area contributed by atoms with Crippen molar-refractivity contribution < 1.29 is 4.74 Å². The van der Waals surface area contributed by atoms with Crippen molar-refractivity contribution in [2.24, 2.45) is 0 Å². The van der Waals surface area contributed by atoms with E-state index in [1.165, 1.54) is 5.57 Å². The van der Waals surface area contributed by atoms with Crippen molar-refractivity contribution in [2.45, 2.75) is 5.44 Å². The van der Waals surface area contributed by atoms with E-state index in [0.717, 1.165) is 0 Å². The molecule has 0 N–H and O–H groups in total. The molecular weight excluding hydrogens is 132 g/mol. The lowest BCUT2D eigenvalue weighted by Crippen LogP contribution is -2.04. The molecule has 0 bridgehead atoms. The van der Waals surface area contributed by atoms with Crippen LogP contribution < -0.4 is 0 Å². The van der Waals surface area contributed by atoms with Crippen LogP contribution in [0.1, 0.15) is 0 Å². The highest BCUT2D eigenvalue weighted by Crippen LogP contribution is 2.31. The molecule has 9 heavy (non-hydrogen) atoms. The average molecular weight is 138 g/mol. The third kappa shape index (κ3) is 0.793. The van der Waals surface area contributed by atoms with E-state index in [1.807, 2.05) is 6.08 Å². The topological polar surface area (TPSA) is 9.23 Å². The van der Waals surface area contributed by atoms with E-state index >= 15 is 0 Å². The lowest BCUT2D eigenvalue weighted by Gasteiger charge is -2.12. The minimum atomic E-state index is 0.245. The molecule has 2 heteroatoms. The van der Waals surface area contributed by atoms with Crippen LogP contribution in [0.5, 0.6) is 0 Å². The molecule has 1 nitrogen and oxygen atoms in total. The summed E-state index contributed by atoms with van der Waals surface area (Å²) in [6.45, 7) is 0. The molecule has 0 aliphatic carbocycles. The van der Waals surface area contributed by atoms with Gasteiger partial charge in [0.15, 0.2) is 5.44 Å². The first-order chi connectivity index (χ1) is 4.47. The maximum Gasteiger partial charge on any atom is 0.172 e. The van der Waals surface area contributed by atoms with Gasteiger partial charge in [0.25, 0.3) is 0 Å². The predicted molar refractivity (Wildman–Crippen MR) is 38.8 cm³/mol. The fourth-order valence-corrected chi connectivity index (χ4v) is 1.68. The molecule has 0 fully saturated rings. The Balaban J connectivity index is 2.31. The molecule has 0 saturated carbocycles. The molecule has 0 aromatic carbocycles. The molecule has 2 heterocycles. The van der Waals surface area contributed by atoms with Crippen LogP contribution in [0.3, 0.4) is 0 Å². The maximum atomic E-state index is 5.25. The summed E-state index contributed by atoms with van der Waals surface area (Å²) in [5.74, 6) is 0. The van der Waals surface area contributed by atoms with Gasteiger partial charge in [-0.2, -0.15) is 0 Å². The van der Waals surface area contributed by atoms with Crippen molar-refractivity contribution in [1.82, 2.24) is 0 Å². The van der Waals surface area contributed by atoms with Gasteiger partial charge in [-0.1, -0.05) is 17.8 Å². The van der Waals surface area contributed by atoms with Crippen molar-refractivity contribution in [3.05, 3.63) is 35.5 Å². The summed E-state index contributed by atoms with van der Waals surface area (Å²) >= 11 is 1.70. The first kappa shape index (κ1) is 5.18. The second kappa shape index (κ2) is 1.95. The van der Waals surface area contributed by atoms with Crippen LogP contribution in [0.15, 0.2) is 35.5 Å². The summed E-state index contributed by atoms with van der Waals surface area (Å²) in [5, 5.41) is 2.06. The normalized spacial score (nSPS) is 29.3. The Morgan fingerprint density at radius 3 is 3.44 bits per heavy atom. The van der Waals surface area contributed by atoms with Gasteiger partial charge in [-0.05, 0) is 17.6 Å². The molecule has 0 aromatic heterocycles. The molecule has 1 unspecified atom stereocenters. The number of fused-ring (bicyclic) bond motifs is 1. The van der Waals surface area contributed by atoms with Gasteiger partial charge in [-0.15, -0.1) is 0 Å². The number of ether oxygens (including phenoxy) is 1. The molecule has 0 saturated heterocycles. The van der Waals surface area contributed by atoms with E-state index < -0.39 is 0 Å². The molecule has 46 valence electrons. The third-order valence-electron chi connectivity index (χ3n) is 1.30. The van der Waals surface area contributed by atoms with Gasteiger partial charge in [-0.3, -0.25) is 0 Å². The Morgan fingerprint density at radius 2 is 2.56 bits per heavy atom. The van der Waals surface area contributed by atoms with E-state index in [4.69, 9.17) is 4.74 Å². The Morgan fingerprint density at radius 1 is 1.56 bits per heavy atom. The highest BCUT2D eigenvalue weighted by atomic mass is 32.2. The Labute approximate surface area is 58.1 Å². The molecule has 2 rings (SSSR count). The van der Waals surface area contributed by atoms with E-state index in [1.54, 1.807) is 18.0 Å². The van der Waals surface area contributed by atoms with Crippen molar-refractivity contribution in [3.63, 3.8) is 0 Å². The standard InChI is InChI=1S/C7H6OS/c1-2-6-3-5-9-7(6)8-4-1/h1-5,7H. The van der Waals surface area contributed by atoms with Gasteiger partial charge >= 0.3 is 0 Å². The highest BCUT2D eigenvalue weighted by molar-refractivity contribution is 8.03. The van der Waals surface area contributed by atoms with Crippen molar-refractivity contribution in [3.8, 4) is 0 Å². The number of thioether (sulfide) groups is 1. The van der Waals surface area contributed by atoms with Crippen molar-refractivity contribution in [2.75, 3.05) is 0 Å². The monoisotopic (exact) mass is 138 g/mol. The zero-order valence-electron chi connectivity index (χ0n) is 4.78. The zero-order valence-corrected chi connectivity index (χ0v) is 5.60. The van der Waals surface area contributed by atoms with Gasteiger partial charge in [0.2, 0.25) is 0 Å². The maximum absolute atomic E-state index is 5.25. The molecule has 1 atom stereocenters. The molecule has 0 spiro atoms. The second-order valence-electron chi connectivity index (χ2n) is 1.90. The fraction of sp³-hybridized carbons (Fsp3) is 0.143. The fourth-order valence-electron chi connectivity index (χ4n) is 0.858. The summed E-state index contributed by atoms with van der Waals surface area (Å²) in [6.07, 6.45) is 7.81. The summed E-state index contributed by atoms with van der Waals surface area (Å²) in [6, 6.07) is 0. The van der Waals surface area contributed by atoms with Crippen molar-refractivity contribution in [1.29, 1.82) is 0 Å². The van der Waals surface area contributed by atoms with E-state index in [2.05, 4.69) is 17.6 Å². The van der Waals surface area contributed by atoms with Crippen LogP contribution in [-0.4, -0.2) is 5.44 Å². The molecule has 0 amide bonds. The van der Waals surface area contributed by atoms with Crippen LogP contribution in [0.25, 0.3) is 0 Å². The van der Waals surface area contributed by atoms with Gasteiger partial charge in [0, 0.05) is 5.57 Å². The Bertz CT molecular complexity index is 203. The molecule has 2 aliphatic rings. The summed E-state index contributed by atoms with van der Waals surface area (Å²) < 4.78 is 5.25. The summed E-state index contributed by atoms with van der Waals surface area (Å²) in [4.78, 5) is 0. The number of hydrogen-bond donors (Lipinski definition) is 0. The average Bonchev–Trinajstić information content (AvgIpc) is 2.33. The van der Waals surface area contributed by atoms with Crippen LogP contribution in [0.4, 0.5) is 0 Å². The van der Waals surface area contributed by atoms with Crippen LogP contribution in [0, 0.1) is 0 Å². The first-order valence-electron chi connectivity index (χ1n) is 2.81. The number of allylic oxidation sites excluding steroid dienone is 2. The lowest BCUT2D eigenvalue weighted by molar-refractivity contribution is 0.252. The van der Waals surface area contributed by atoms with E-state index in [0.29, 0.717) is 0 Å². The molecule has 0 radical (unpaired) electrons. The zero-order chi connectivity index (χ0) is 6.10. The SMILES string of the molecule is C1=COC2SC=CC2=C1. The van der Waals surface area contributed by atoms with Crippen LogP contribution in [0.2, 0.25) is 0 Å². The minimum Gasteiger partial charge on any atom is -0.482 e. The van der Waals surface area contributed by atoms with E-state index in [-0.39, 0.29) is 5.44 Å². The molecular formula is C7H6OS. The lowest BCUT2D eigenvalue weighted by atomic mass is 10.2. The third-order valence-corrected chi connectivity index (χ3v) is 2.23. The Kier molecular flexibility index (Phi) is 1.12. The number of hydrogen-bond acceptors (Lipinski definition) is 2. The Hall–Kier alpha value is -0.630. The van der Waals surface area contributed by atoms with Crippen LogP contribution >= 0.6 is 11.8 Å². The van der Waals surface area contributed by atoms with Gasteiger partial charge in [0.05, 0.1) is 6.26 Å². The summed E-state index contributed by atoms with van der Waals surface area (Å²) in [5.41, 5.74) is 1.51. The number of rotatable bonds is 0. The molecule has 2 aliphatic heterocycles.